The average molecular weight is 475 g/mol. The van der Waals surface area contributed by atoms with Crippen molar-refractivity contribution in [3.8, 4) is 11.3 Å². The van der Waals surface area contributed by atoms with Crippen molar-refractivity contribution in [1.29, 1.82) is 0 Å². The number of halogens is 1. The Morgan fingerprint density at radius 3 is 2.88 bits per heavy atom. The van der Waals surface area contributed by atoms with Crippen LogP contribution in [0.4, 0.5) is 9.18 Å². The number of hydrogen-bond acceptors (Lipinski definition) is 5. The number of amides is 1. The van der Waals surface area contributed by atoms with Crippen LogP contribution in [0.3, 0.4) is 0 Å². The third kappa shape index (κ3) is 5.24. The number of aromatic nitrogens is 5. The van der Waals surface area contributed by atoms with Crippen molar-refractivity contribution in [2.75, 3.05) is 26.4 Å². The molecular formula is C22H31FN6O3Si. The number of carbonyl (C=O) groups is 1. The van der Waals surface area contributed by atoms with E-state index >= 15 is 0 Å². The van der Waals surface area contributed by atoms with E-state index in [2.05, 4.69) is 34.7 Å². The molecule has 33 heavy (non-hydrogen) atoms. The second-order valence-corrected chi connectivity index (χ2v) is 15.4. The molecule has 9 nitrogen and oxygen atoms in total. The molecule has 4 rings (SSSR count). The number of rotatable bonds is 9. The zero-order valence-electron chi connectivity index (χ0n) is 19.3. The largest absolute Gasteiger partial charge is 0.465 e. The summed E-state index contributed by atoms with van der Waals surface area (Å²) in [6.45, 7) is 8.25. The third-order valence-corrected chi connectivity index (χ3v) is 7.90. The quantitative estimate of drug-likeness (QED) is 0.370. The molecule has 0 spiro atoms. The molecule has 0 aliphatic carbocycles. The number of fused-ring (bicyclic) bond motifs is 1. The number of ether oxygens (including phenoxy) is 1. The van der Waals surface area contributed by atoms with E-state index in [0.717, 1.165) is 34.9 Å². The minimum Gasteiger partial charge on any atom is -0.465 e. The normalized spacial score (nSPS) is 17.7. The van der Waals surface area contributed by atoms with Crippen LogP contribution in [0.5, 0.6) is 0 Å². The maximum Gasteiger partial charge on any atom is 0.407 e. The lowest BCUT2D eigenvalue weighted by Crippen LogP contribution is -2.29. The molecular weight excluding hydrogens is 443 g/mol. The van der Waals surface area contributed by atoms with Crippen molar-refractivity contribution < 1.29 is 19.0 Å². The van der Waals surface area contributed by atoms with Crippen LogP contribution >= 0.6 is 0 Å². The smallest absolute Gasteiger partial charge is 0.407 e. The van der Waals surface area contributed by atoms with E-state index in [9.17, 15) is 14.3 Å². The number of nitrogens with zero attached hydrogens (tertiary/aromatic N) is 6. The van der Waals surface area contributed by atoms with E-state index in [1.54, 1.807) is 17.1 Å². The molecule has 1 unspecified atom stereocenters. The summed E-state index contributed by atoms with van der Waals surface area (Å²) in [5, 5.41) is 14.5. The van der Waals surface area contributed by atoms with Gasteiger partial charge in [0, 0.05) is 57.0 Å². The van der Waals surface area contributed by atoms with Gasteiger partial charge in [0.05, 0.1) is 17.9 Å². The Morgan fingerprint density at radius 2 is 2.18 bits per heavy atom. The number of carboxylic acid groups (broad SMARTS) is 1. The first-order valence-electron chi connectivity index (χ1n) is 11.2. The van der Waals surface area contributed by atoms with Crippen LogP contribution in [-0.4, -0.2) is 74.9 Å². The molecule has 0 saturated carbocycles. The van der Waals surface area contributed by atoms with E-state index in [1.807, 2.05) is 16.8 Å². The molecule has 1 amide bonds. The Bertz CT molecular complexity index is 1110. The highest BCUT2D eigenvalue weighted by Crippen LogP contribution is 2.31. The molecule has 178 valence electrons. The molecule has 11 heteroatoms. The summed E-state index contributed by atoms with van der Waals surface area (Å²) in [6, 6.07) is 2.55. The Hall–Kier alpha value is -2.79. The SMILES string of the molecule is C[Si](C)(C)CCOCn1ccc2c(-c3cnn(C(CF)[C@H]4CCN(C(=O)O)C4)c3)ncnc21. The average Bonchev–Trinajstić information content (AvgIpc) is 3.51. The highest BCUT2D eigenvalue weighted by Gasteiger charge is 2.33. The van der Waals surface area contributed by atoms with Gasteiger partial charge in [0.15, 0.2) is 0 Å². The molecule has 0 radical (unpaired) electrons. The summed E-state index contributed by atoms with van der Waals surface area (Å²) in [4.78, 5) is 21.4. The topological polar surface area (TPSA) is 98.3 Å². The number of hydrogen-bond donors (Lipinski definition) is 1. The van der Waals surface area contributed by atoms with Crippen molar-refractivity contribution in [3.05, 3.63) is 31.0 Å². The number of likely N-dealkylation sites (tertiary alicyclic amines) is 1. The van der Waals surface area contributed by atoms with Crippen molar-refractivity contribution >= 4 is 25.2 Å². The van der Waals surface area contributed by atoms with Gasteiger partial charge in [0.1, 0.15) is 25.4 Å². The molecule has 1 N–H and O–H groups in total. The van der Waals surface area contributed by atoms with Crippen molar-refractivity contribution in [1.82, 2.24) is 29.2 Å². The van der Waals surface area contributed by atoms with Gasteiger partial charge >= 0.3 is 6.09 Å². The summed E-state index contributed by atoms with van der Waals surface area (Å²) in [5.41, 5.74) is 2.27. The number of alkyl halides is 1. The van der Waals surface area contributed by atoms with Crippen LogP contribution < -0.4 is 0 Å². The van der Waals surface area contributed by atoms with Gasteiger partial charge in [-0.3, -0.25) is 4.68 Å². The lowest BCUT2D eigenvalue weighted by Gasteiger charge is -2.21. The fraction of sp³-hybridized carbons (Fsp3) is 0.545. The Kier molecular flexibility index (Phi) is 6.80. The Balaban J connectivity index is 1.51. The van der Waals surface area contributed by atoms with Gasteiger partial charge in [-0.2, -0.15) is 5.10 Å². The van der Waals surface area contributed by atoms with Crippen molar-refractivity contribution in [3.63, 3.8) is 0 Å². The van der Waals surface area contributed by atoms with Crippen LogP contribution in [0.25, 0.3) is 22.3 Å². The summed E-state index contributed by atoms with van der Waals surface area (Å²) in [7, 11) is -1.14. The van der Waals surface area contributed by atoms with Gasteiger partial charge in [-0.1, -0.05) is 19.6 Å². The zero-order valence-corrected chi connectivity index (χ0v) is 20.3. The van der Waals surface area contributed by atoms with Crippen LogP contribution in [0.15, 0.2) is 31.0 Å². The van der Waals surface area contributed by atoms with Gasteiger partial charge < -0.3 is 19.3 Å². The molecule has 1 aliphatic rings. The van der Waals surface area contributed by atoms with E-state index in [1.165, 1.54) is 11.2 Å². The fourth-order valence-corrected chi connectivity index (χ4v) is 4.97. The molecule has 4 heterocycles. The van der Waals surface area contributed by atoms with Crippen LogP contribution in [0, 0.1) is 5.92 Å². The van der Waals surface area contributed by atoms with Gasteiger partial charge in [0.25, 0.3) is 0 Å². The molecule has 0 aromatic carbocycles. The maximum atomic E-state index is 13.9. The monoisotopic (exact) mass is 474 g/mol. The summed E-state index contributed by atoms with van der Waals surface area (Å²) in [5.74, 6) is -0.112. The lowest BCUT2D eigenvalue weighted by atomic mass is 10.0. The zero-order chi connectivity index (χ0) is 23.6. The molecule has 1 aliphatic heterocycles. The van der Waals surface area contributed by atoms with Gasteiger partial charge in [0.2, 0.25) is 0 Å². The molecule has 0 bridgehead atoms. The molecule has 3 aromatic heterocycles. The standard InChI is InChI=1S/C22H31FN6O3Si/c1-33(2,3)9-8-32-15-28-7-5-18-20(24-14-25-21(18)28)17-11-26-29(13-17)19(10-23)16-4-6-27(12-16)22(30)31/h5,7,11,13-14,16,19H,4,6,8-10,12,15H2,1-3H3,(H,30,31)/t16-,19?/m0/s1. The van der Waals surface area contributed by atoms with Crippen LogP contribution in [-0.2, 0) is 11.5 Å². The second kappa shape index (κ2) is 9.60. The van der Waals surface area contributed by atoms with E-state index < -0.39 is 26.9 Å². The predicted molar refractivity (Wildman–Crippen MR) is 126 cm³/mol. The molecule has 1 saturated heterocycles. The predicted octanol–water partition coefficient (Wildman–Crippen LogP) is 4.12. The maximum absolute atomic E-state index is 13.9. The minimum absolute atomic E-state index is 0.112. The van der Waals surface area contributed by atoms with Gasteiger partial charge in [-0.15, -0.1) is 0 Å². The minimum atomic E-state index is -1.14. The second-order valence-electron chi connectivity index (χ2n) is 9.80. The van der Waals surface area contributed by atoms with E-state index in [4.69, 9.17) is 4.74 Å². The summed E-state index contributed by atoms with van der Waals surface area (Å²) >= 11 is 0. The summed E-state index contributed by atoms with van der Waals surface area (Å²) < 4.78 is 23.4. The molecule has 2 atom stereocenters. The first-order valence-corrected chi connectivity index (χ1v) is 14.9. The highest BCUT2D eigenvalue weighted by atomic mass is 28.3. The fourth-order valence-electron chi connectivity index (χ4n) is 4.21. The molecule has 1 fully saturated rings. The van der Waals surface area contributed by atoms with Crippen molar-refractivity contribution in [2.24, 2.45) is 5.92 Å². The van der Waals surface area contributed by atoms with Gasteiger partial charge in [-0.25, -0.2) is 19.2 Å². The first kappa shape index (κ1) is 23.4. The highest BCUT2D eigenvalue weighted by molar-refractivity contribution is 6.76. The summed E-state index contributed by atoms with van der Waals surface area (Å²) in [6.07, 6.45) is 6.57. The lowest BCUT2D eigenvalue weighted by molar-refractivity contribution is 0.0899. The third-order valence-electron chi connectivity index (χ3n) is 6.20. The van der Waals surface area contributed by atoms with Crippen LogP contribution in [0.2, 0.25) is 25.7 Å². The van der Waals surface area contributed by atoms with E-state index in [0.29, 0.717) is 26.2 Å². The van der Waals surface area contributed by atoms with Crippen LogP contribution in [0.1, 0.15) is 12.5 Å². The Labute approximate surface area is 193 Å². The van der Waals surface area contributed by atoms with E-state index in [-0.39, 0.29) is 5.92 Å². The van der Waals surface area contributed by atoms with Gasteiger partial charge in [-0.05, 0) is 18.5 Å². The molecule has 3 aromatic rings. The Morgan fingerprint density at radius 1 is 1.36 bits per heavy atom. The first-order chi connectivity index (χ1) is 15.8. The van der Waals surface area contributed by atoms with Crippen molar-refractivity contribution in [2.45, 2.75) is 44.9 Å².